The number of ether oxygens (including phenoxy) is 1. The highest BCUT2D eigenvalue weighted by molar-refractivity contribution is 5.98. The normalized spacial score (nSPS) is 9.94. The molecule has 86 valence electrons. The molecule has 0 radical (unpaired) electrons. The molecule has 0 aliphatic heterocycles. The molecular formula is C12H10N2O3. The van der Waals surface area contributed by atoms with Crippen LogP contribution in [0.3, 0.4) is 0 Å². The molecule has 0 amide bonds. The molecule has 0 N–H and O–H groups in total. The van der Waals surface area contributed by atoms with Crippen molar-refractivity contribution in [2.45, 2.75) is 6.92 Å². The number of esters is 1. The fourth-order valence-corrected chi connectivity index (χ4v) is 1.40. The number of benzene rings is 1. The van der Waals surface area contributed by atoms with Crippen LogP contribution in [0.15, 0.2) is 42.7 Å². The van der Waals surface area contributed by atoms with Crippen LogP contribution in [-0.4, -0.2) is 21.7 Å². The summed E-state index contributed by atoms with van der Waals surface area (Å²) in [6.45, 7) is 1.29. The maximum Gasteiger partial charge on any atom is 0.308 e. The molecule has 5 nitrogen and oxygen atoms in total. The van der Waals surface area contributed by atoms with Crippen LogP contribution in [0.2, 0.25) is 0 Å². The number of para-hydroxylation sites is 1. The lowest BCUT2D eigenvalue weighted by Crippen LogP contribution is -2.15. The van der Waals surface area contributed by atoms with Gasteiger partial charge in [0.05, 0.1) is 5.56 Å². The topological polar surface area (TPSA) is 61.2 Å². The van der Waals surface area contributed by atoms with Crippen LogP contribution in [0, 0.1) is 0 Å². The van der Waals surface area contributed by atoms with Crippen molar-refractivity contribution in [3.05, 3.63) is 48.3 Å². The maximum atomic E-state index is 12.0. The predicted molar refractivity (Wildman–Crippen MR) is 59.7 cm³/mol. The largest absolute Gasteiger partial charge is 0.426 e. The number of carbonyl (C=O) groups is 2. The first-order valence-corrected chi connectivity index (χ1v) is 5.00. The summed E-state index contributed by atoms with van der Waals surface area (Å²) in [7, 11) is 0. The Morgan fingerprint density at radius 3 is 2.65 bits per heavy atom. The standard InChI is InChI=1S/C12H10N2O3/c1-9(15)17-11-6-3-2-5-10(11)12(16)14-8-4-7-13-14/h2-8H,1H3. The van der Waals surface area contributed by atoms with E-state index in [1.54, 1.807) is 30.3 Å². The van der Waals surface area contributed by atoms with Gasteiger partial charge in [-0.05, 0) is 18.2 Å². The van der Waals surface area contributed by atoms with E-state index in [2.05, 4.69) is 5.10 Å². The van der Waals surface area contributed by atoms with Crippen molar-refractivity contribution in [3.63, 3.8) is 0 Å². The van der Waals surface area contributed by atoms with Gasteiger partial charge in [-0.25, -0.2) is 4.68 Å². The second-order valence-corrected chi connectivity index (χ2v) is 3.35. The van der Waals surface area contributed by atoms with E-state index in [0.29, 0.717) is 5.56 Å². The van der Waals surface area contributed by atoms with E-state index in [1.165, 1.54) is 24.0 Å². The van der Waals surface area contributed by atoms with E-state index in [-0.39, 0.29) is 11.7 Å². The lowest BCUT2D eigenvalue weighted by atomic mass is 10.2. The predicted octanol–water partition coefficient (Wildman–Crippen LogP) is 1.50. The van der Waals surface area contributed by atoms with E-state index >= 15 is 0 Å². The van der Waals surface area contributed by atoms with Gasteiger partial charge in [0.2, 0.25) is 0 Å². The van der Waals surface area contributed by atoms with E-state index in [1.807, 2.05) is 0 Å². The van der Waals surface area contributed by atoms with Crippen LogP contribution in [-0.2, 0) is 4.79 Å². The number of hydrogen-bond acceptors (Lipinski definition) is 4. The monoisotopic (exact) mass is 230 g/mol. The van der Waals surface area contributed by atoms with E-state index in [0.717, 1.165) is 0 Å². The fraction of sp³-hybridized carbons (Fsp3) is 0.0833. The van der Waals surface area contributed by atoms with E-state index in [9.17, 15) is 9.59 Å². The summed E-state index contributed by atoms with van der Waals surface area (Å²) in [4.78, 5) is 22.9. The van der Waals surface area contributed by atoms with Crippen LogP contribution < -0.4 is 4.74 Å². The third kappa shape index (κ3) is 2.39. The molecule has 1 heterocycles. The minimum absolute atomic E-state index is 0.237. The summed E-state index contributed by atoms with van der Waals surface area (Å²) in [6, 6.07) is 8.19. The van der Waals surface area contributed by atoms with Gasteiger partial charge < -0.3 is 4.74 Å². The maximum absolute atomic E-state index is 12.0. The minimum Gasteiger partial charge on any atom is -0.426 e. The molecule has 1 aromatic heterocycles. The van der Waals surface area contributed by atoms with Gasteiger partial charge in [0.25, 0.3) is 5.91 Å². The summed E-state index contributed by atoms with van der Waals surface area (Å²) in [5.74, 6) is -0.571. The molecule has 0 saturated carbocycles. The highest BCUT2D eigenvalue weighted by Gasteiger charge is 2.15. The Morgan fingerprint density at radius 2 is 2.00 bits per heavy atom. The van der Waals surface area contributed by atoms with E-state index < -0.39 is 5.97 Å². The number of nitrogens with zero attached hydrogens (tertiary/aromatic N) is 2. The van der Waals surface area contributed by atoms with Crippen molar-refractivity contribution >= 4 is 11.9 Å². The van der Waals surface area contributed by atoms with Crippen molar-refractivity contribution in [2.75, 3.05) is 0 Å². The first-order chi connectivity index (χ1) is 8.18. The molecule has 0 aliphatic carbocycles. The molecule has 0 bridgehead atoms. The first-order valence-electron chi connectivity index (χ1n) is 5.00. The number of rotatable bonds is 2. The third-order valence-electron chi connectivity index (χ3n) is 2.08. The van der Waals surface area contributed by atoms with Crippen LogP contribution in [0.25, 0.3) is 0 Å². The molecule has 0 fully saturated rings. The smallest absolute Gasteiger partial charge is 0.308 e. The van der Waals surface area contributed by atoms with Gasteiger partial charge in [-0.1, -0.05) is 12.1 Å². The Kier molecular flexibility index (Phi) is 3.00. The van der Waals surface area contributed by atoms with Crippen molar-refractivity contribution in [1.29, 1.82) is 0 Å². The third-order valence-corrected chi connectivity index (χ3v) is 2.08. The molecule has 0 aliphatic rings. The van der Waals surface area contributed by atoms with Crippen molar-refractivity contribution in [2.24, 2.45) is 0 Å². The highest BCUT2D eigenvalue weighted by Crippen LogP contribution is 2.19. The second-order valence-electron chi connectivity index (χ2n) is 3.35. The molecule has 0 saturated heterocycles. The Morgan fingerprint density at radius 1 is 1.24 bits per heavy atom. The van der Waals surface area contributed by atoms with Crippen molar-refractivity contribution in [1.82, 2.24) is 9.78 Å². The van der Waals surface area contributed by atoms with Gasteiger partial charge in [0, 0.05) is 19.3 Å². The van der Waals surface area contributed by atoms with Gasteiger partial charge in [0.15, 0.2) is 0 Å². The zero-order valence-corrected chi connectivity index (χ0v) is 9.16. The van der Waals surface area contributed by atoms with Crippen LogP contribution in [0.1, 0.15) is 17.3 Å². The Balaban J connectivity index is 2.38. The quantitative estimate of drug-likeness (QED) is 0.579. The zero-order valence-electron chi connectivity index (χ0n) is 9.16. The van der Waals surface area contributed by atoms with Gasteiger partial charge in [-0.3, -0.25) is 9.59 Å². The van der Waals surface area contributed by atoms with Crippen LogP contribution in [0.5, 0.6) is 5.75 Å². The summed E-state index contributed by atoms with van der Waals surface area (Å²) in [6.07, 6.45) is 3.04. The number of aromatic nitrogens is 2. The molecule has 2 rings (SSSR count). The van der Waals surface area contributed by atoms with Gasteiger partial charge >= 0.3 is 5.97 Å². The zero-order chi connectivity index (χ0) is 12.3. The summed E-state index contributed by atoms with van der Waals surface area (Å²) in [5.41, 5.74) is 0.298. The van der Waals surface area contributed by atoms with E-state index in [4.69, 9.17) is 4.74 Å². The lowest BCUT2D eigenvalue weighted by molar-refractivity contribution is -0.131. The molecule has 17 heavy (non-hydrogen) atoms. The molecule has 5 heteroatoms. The molecule has 2 aromatic rings. The summed E-state index contributed by atoms with van der Waals surface area (Å²) < 4.78 is 6.15. The summed E-state index contributed by atoms with van der Waals surface area (Å²) in [5, 5.41) is 3.84. The Labute approximate surface area is 97.6 Å². The Bertz CT molecular complexity index is 547. The van der Waals surface area contributed by atoms with Crippen molar-refractivity contribution < 1.29 is 14.3 Å². The Hall–Kier alpha value is -2.43. The average Bonchev–Trinajstić information content (AvgIpc) is 2.81. The number of hydrogen-bond donors (Lipinski definition) is 0. The lowest BCUT2D eigenvalue weighted by Gasteiger charge is -2.07. The number of carbonyl (C=O) groups excluding carboxylic acids is 2. The van der Waals surface area contributed by atoms with Gasteiger partial charge in [-0.15, -0.1) is 0 Å². The molecule has 0 atom stereocenters. The molecule has 0 unspecified atom stereocenters. The highest BCUT2D eigenvalue weighted by atomic mass is 16.5. The SMILES string of the molecule is CC(=O)Oc1ccccc1C(=O)n1cccn1. The minimum atomic E-state index is -0.467. The molecule has 1 aromatic carbocycles. The first kappa shape index (κ1) is 11.1. The molecule has 0 spiro atoms. The van der Waals surface area contributed by atoms with Crippen LogP contribution >= 0.6 is 0 Å². The second kappa shape index (κ2) is 4.61. The average molecular weight is 230 g/mol. The van der Waals surface area contributed by atoms with Crippen LogP contribution in [0.4, 0.5) is 0 Å². The van der Waals surface area contributed by atoms with Crippen molar-refractivity contribution in [3.8, 4) is 5.75 Å². The molecular weight excluding hydrogens is 220 g/mol. The fourth-order valence-electron chi connectivity index (χ4n) is 1.40. The van der Waals surface area contributed by atoms with Gasteiger partial charge in [0.1, 0.15) is 5.75 Å². The van der Waals surface area contributed by atoms with Gasteiger partial charge in [-0.2, -0.15) is 5.10 Å². The summed E-state index contributed by atoms with van der Waals surface area (Å²) >= 11 is 0.